The molecule has 1 fully saturated rings. The van der Waals surface area contributed by atoms with E-state index < -0.39 is 16.5 Å². The first-order chi connectivity index (χ1) is 4.04. The predicted molar refractivity (Wildman–Crippen MR) is 38.7 cm³/mol. The Morgan fingerprint density at radius 2 is 2.22 bits per heavy atom. The Hall–Kier alpha value is 0.580. The molecule has 1 heterocycles. The van der Waals surface area contributed by atoms with Crippen LogP contribution in [0.4, 0.5) is 0 Å². The van der Waals surface area contributed by atoms with Crippen LogP contribution < -0.4 is 0 Å². The molecule has 1 saturated heterocycles. The van der Waals surface area contributed by atoms with Gasteiger partial charge in [0.25, 0.3) is 0 Å². The molecule has 0 aromatic rings. The minimum absolute atomic E-state index is 0.0914. The third-order valence-corrected chi connectivity index (χ3v) is 2.52. The van der Waals surface area contributed by atoms with Gasteiger partial charge in [0.15, 0.2) is 0 Å². The van der Waals surface area contributed by atoms with Gasteiger partial charge in [-0.15, -0.1) is 12.6 Å². The van der Waals surface area contributed by atoms with E-state index in [-0.39, 0.29) is 6.61 Å². The highest BCUT2D eigenvalue weighted by Crippen LogP contribution is 2.30. The van der Waals surface area contributed by atoms with Gasteiger partial charge in [-0.05, 0) is 0 Å². The van der Waals surface area contributed by atoms with Gasteiger partial charge in [0.05, 0.1) is 18.0 Å². The maximum atomic E-state index is 9.04. The summed E-state index contributed by atoms with van der Waals surface area (Å²) in [5.74, 6) is 0. The molecule has 0 aliphatic carbocycles. The van der Waals surface area contributed by atoms with E-state index >= 15 is 0 Å². The van der Waals surface area contributed by atoms with E-state index in [2.05, 4.69) is 30.0 Å². The molecule has 0 saturated carbocycles. The van der Waals surface area contributed by atoms with Crippen molar-refractivity contribution in [1.82, 2.24) is 0 Å². The van der Waals surface area contributed by atoms with Gasteiger partial charge in [0, 0.05) is 0 Å². The summed E-state index contributed by atoms with van der Waals surface area (Å²) < 4.78 is 4.66. The molecule has 1 rings (SSSR count). The molecule has 9 heavy (non-hydrogen) atoms. The first-order valence-corrected chi connectivity index (χ1v) is 3.45. The second kappa shape index (κ2) is 2.32. The van der Waals surface area contributed by atoms with E-state index in [4.69, 9.17) is 10.2 Å². The van der Waals surface area contributed by atoms with Gasteiger partial charge in [-0.2, -0.15) is 12.6 Å². The summed E-state index contributed by atoms with van der Waals surface area (Å²) in [6, 6.07) is 0. The van der Waals surface area contributed by atoms with Gasteiger partial charge in [-0.3, -0.25) is 0 Å². The largest absolute Gasteiger partial charge is 0.389 e. The predicted octanol–water partition coefficient (Wildman–Crippen LogP) is -0.748. The van der Waals surface area contributed by atoms with Gasteiger partial charge in [-0.25, -0.2) is 0 Å². The van der Waals surface area contributed by atoms with Crippen LogP contribution in [0.25, 0.3) is 0 Å². The van der Waals surface area contributed by atoms with Gasteiger partial charge in [0.2, 0.25) is 5.12 Å². The average Bonchev–Trinajstić information content (AvgIpc) is 1.97. The van der Waals surface area contributed by atoms with Crippen molar-refractivity contribution in [2.24, 2.45) is 0 Å². The Labute approximate surface area is 63.8 Å². The fraction of sp³-hybridized carbons (Fsp3) is 1.00. The lowest BCUT2D eigenvalue weighted by Gasteiger charge is -2.18. The highest BCUT2D eigenvalue weighted by atomic mass is 32.1. The third-order valence-electron chi connectivity index (χ3n) is 1.22. The highest BCUT2D eigenvalue weighted by molar-refractivity contribution is 7.85. The zero-order valence-corrected chi connectivity index (χ0v) is 6.35. The van der Waals surface area contributed by atoms with Crippen molar-refractivity contribution < 1.29 is 14.9 Å². The molecule has 0 aromatic heterocycles. The zero-order chi connectivity index (χ0) is 7.07. The summed E-state index contributed by atoms with van der Waals surface area (Å²) in [4.78, 5) is 0. The van der Waals surface area contributed by atoms with Crippen molar-refractivity contribution >= 4 is 25.3 Å². The molecule has 54 valence electrons. The van der Waals surface area contributed by atoms with E-state index in [1.807, 2.05) is 0 Å². The van der Waals surface area contributed by atoms with E-state index in [9.17, 15) is 0 Å². The highest BCUT2D eigenvalue weighted by Gasteiger charge is 2.43. The summed E-state index contributed by atoms with van der Waals surface area (Å²) in [7, 11) is 0. The van der Waals surface area contributed by atoms with Crippen molar-refractivity contribution in [3.8, 4) is 0 Å². The normalized spacial score (nSPS) is 52.0. The summed E-state index contributed by atoms with van der Waals surface area (Å²) >= 11 is 7.57. The Morgan fingerprint density at radius 3 is 2.33 bits per heavy atom. The fourth-order valence-corrected chi connectivity index (χ4v) is 1.04. The molecule has 0 bridgehead atoms. The SMILES string of the molecule is O[C@@H]1COC(O)(S)[C@@H]1S. The van der Waals surface area contributed by atoms with Crippen LogP contribution in [0.2, 0.25) is 0 Å². The number of hydrogen-bond acceptors (Lipinski definition) is 5. The van der Waals surface area contributed by atoms with Crippen LogP contribution in [0.15, 0.2) is 0 Å². The zero-order valence-electron chi connectivity index (χ0n) is 4.56. The van der Waals surface area contributed by atoms with E-state index in [0.29, 0.717) is 0 Å². The lowest BCUT2D eigenvalue weighted by molar-refractivity contribution is -0.0873. The molecule has 1 aliphatic rings. The standard InChI is InChI=1S/C4H8O3S2/c5-2-1-7-4(6,9)3(2)8/h2-3,5-6,8-9H,1H2/t2-,3-,4?/m1/s1. The van der Waals surface area contributed by atoms with Crippen LogP contribution in [0, 0.1) is 0 Å². The van der Waals surface area contributed by atoms with Crippen LogP contribution in [0.5, 0.6) is 0 Å². The number of hydrogen-bond donors (Lipinski definition) is 4. The third kappa shape index (κ3) is 1.35. The van der Waals surface area contributed by atoms with Gasteiger partial charge in [-0.1, -0.05) is 0 Å². The van der Waals surface area contributed by atoms with Gasteiger partial charge in [0.1, 0.15) is 0 Å². The van der Waals surface area contributed by atoms with Gasteiger partial charge < -0.3 is 14.9 Å². The summed E-state index contributed by atoms with van der Waals surface area (Å²) in [6.07, 6.45) is -0.726. The Morgan fingerprint density at radius 1 is 1.67 bits per heavy atom. The Kier molecular flexibility index (Phi) is 1.98. The monoisotopic (exact) mass is 168 g/mol. The molecular weight excluding hydrogens is 160 g/mol. The molecule has 0 amide bonds. The molecule has 0 spiro atoms. The Balaban J connectivity index is 2.62. The van der Waals surface area contributed by atoms with Gasteiger partial charge >= 0.3 is 0 Å². The molecule has 1 aliphatic heterocycles. The Bertz CT molecular complexity index is 116. The quantitative estimate of drug-likeness (QED) is 0.284. The molecule has 2 N–H and O–H groups in total. The molecule has 0 radical (unpaired) electrons. The van der Waals surface area contributed by atoms with Crippen LogP contribution in [-0.4, -0.2) is 33.3 Å². The number of aliphatic hydroxyl groups excluding tert-OH is 1. The van der Waals surface area contributed by atoms with Crippen molar-refractivity contribution in [2.45, 2.75) is 16.5 Å². The number of aliphatic hydroxyl groups is 2. The van der Waals surface area contributed by atoms with Crippen LogP contribution >= 0.6 is 25.3 Å². The maximum absolute atomic E-state index is 9.04. The maximum Gasteiger partial charge on any atom is 0.227 e. The van der Waals surface area contributed by atoms with Crippen LogP contribution in [-0.2, 0) is 4.74 Å². The minimum atomic E-state index is -1.57. The van der Waals surface area contributed by atoms with E-state index in [1.54, 1.807) is 0 Å². The van der Waals surface area contributed by atoms with Crippen LogP contribution in [0.3, 0.4) is 0 Å². The second-order valence-electron chi connectivity index (χ2n) is 1.98. The summed E-state index contributed by atoms with van der Waals surface area (Å²) in [5.41, 5.74) is 0. The van der Waals surface area contributed by atoms with Crippen molar-refractivity contribution in [1.29, 1.82) is 0 Å². The number of rotatable bonds is 0. The second-order valence-corrected chi connectivity index (χ2v) is 3.18. The summed E-state index contributed by atoms with van der Waals surface area (Å²) in [6.45, 7) is 0.0914. The molecular formula is C4H8O3S2. The van der Waals surface area contributed by atoms with Crippen molar-refractivity contribution in [3.63, 3.8) is 0 Å². The molecule has 5 heteroatoms. The smallest absolute Gasteiger partial charge is 0.227 e. The summed E-state index contributed by atoms with van der Waals surface area (Å²) in [5, 5.41) is 15.8. The minimum Gasteiger partial charge on any atom is -0.389 e. The molecule has 0 aromatic carbocycles. The fourth-order valence-electron chi connectivity index (χ4n) is 0.635. The lowest BCUT2D eigenvalue weighted by Crippen LogP contribution is -2.33. The van der Waals surface area contributed by atoms with Crippen molar-refractivity contribution in [3.05, 3.63) is 0 Å². The van der Waals surface area contributed by atoms with Crippen molar-refractivity contribution in [2.75, 3.05) is 6.61 Å². The van der Waals surface area contributed by atoms with E-state index in [1.165, 1.54) is 0 Å². The number of thiol groups is 2. The molecule has 1 unspecified atom stereocenters. The van der Waals surface area contributed by atoms with E-state index in [0.717, 1.165) is 0 Å². The lowest BCUT2D eigenvalue weighted by atomic mass is 10.3. The number of ether oxygens (including phenoxy) is 1. The van der Waals surface area contributed by atoms with Crippen LogP contribution in [0.1, 0.15) is 0 Å². The topological polar surface area (TPSA) is 49.7 Å². The average molecular weight is 168 g/mol. The molecule has 3 nitrogen and oxygen atoms in total. The molecule has 3 atom stereocenters. The first-order valence-electron chi connectivity index (χ1n) is 2.49. The first kappa shape index (κ1) is 7.68.